The van der Waals surface area contributed by atoms with E-state index in [1.54, 1.807) is 18.2 Å². The quantitative estimate of drug-likeness (QED) is 0.383. The molecule has 0 aliphatic carbocycles. The van der Waals surface area contributed by atoms with E-state index in [1.807, 2.05) is 13.0 Å². The van der Waals surface area contributed by atoms with Gasteiger partial charge in [0.2, 0.25) is 0 Å². The molecule has 1 unspecified atom stereocenters. The summed E-state index contributed by atoms with van der Waals surface area (Å²) >= 11 is 0. The molecule has 150 valence electrons. The third-order valence-electron chi connectivity index (χ3n) is 5.03. The predicted octanol–water partition coefficient (Wildman–Crippen LogP) is 4.90. The average molecular weight is 405 g/mol. The number of anilines is 1. The van der Waals surface area contributed by atoms with Crippen LogP contribution in [0.2, 0.25) is 0 Å². The zero-order valence-corrected chi connectivity index (χ0v) is 16.0. The van der Waals surface area contributed by atoms with Crippen LogP contribution in [0.15, 0.2) is 78.4 Å². The third-order valence-corrected chi connectivity index (χ3v) is 5.03. The van der Waals surface area contributed by atoms with Crippen molar-refractivity contribution in [3.05, 3.63) is 107 Å². The lowest BCUT2D eigenvalue weighted by Crippen LogP contribution is -2.29. The summed E-state index contributed by atoms with van der Waals surface area (Å²) in [6, 6.07) is 16.4. The fourth-order valence-corrected chi connectivity index (χ4v) is 3.60. The largest absolute Gasteiger partial charge is 0.507 e. The van der Waals surface area contributed by atoms with Gasteiger partial charge in [-0.2, -0.15) is 0 Å². The molecule has 1 saturated heterocycles. The van der Waals surface area contributed by atoms with Crippen molar-refractivity contribution in [3.8, 4) is 0 Å². The Bertz CT molecular complexity index is 1170. The van der Waals surface area contributed by atoms with Crippen molar-refractivity contribution in [2.24, 2.45) is 0 Å². The second-order valence-corrected chi connectivity index (χ2v) is 7.07. The maximum atomic E-state index is 13.5. The first-order valence-corrected chi connectivity index (χ1v) is 9.26. The second kappa shape index (κ2) is 7.55. The molecule has 0 spiro atoms. The van der Waals surface area contributed by atoms with E-state index in [0.29, 0.717) is 11.3 Å². The summed E-state index contributed by atoms with van der Waals surface area (Å²) in [6.45, 7) is 1.85. The molecule has 1 atom stereocenters. The fraction of sp³-hybridized carbons (Fsp3) is 0.0833. The zero-order chi connectivity index (χ0) is 21.4. The molecule has 6 heteroatoms. The molecule has 4 rings (SSSR count). The molecule has 1 N–H and O–H groups in total. The van der Waals surface area contributed by atoms with E-state index in [2.05, 4.69) is 0 Å². The number of aliphatic hydroxyl groups is 1. The van der Waals surface area contributed by atoms with E-state index in [0.717, 1.165) is 17.7 Å². The van der Waals surface area contributed by atoms with Crippen LogP contribution in [-0.4, -0.2) is 16.8 Å². The van der Waals surface area contributed by atoms with Crippen LogP contribution in [0.3, 0.4) is 0 Å². The van der Waals surface area contributed by atoms with Crippen molar-refractivity contribution in [1.29, 1.82) is 0 Å². The molecular weight excluding hydrogens is 388 g/mol. The Kier molecular flexibility index (Phi) is 4.91. The summed E-state index contributed by atoms with van der Waals surface area (Å²) in [5.41, 5.74) is 1.88. The lowest BCUT2D eigenvalue weighted by molar-refractivity contribution is -0.132. The highest BCUT2D eigenvalue weighted by atomic mass is 19.1. The Balaban J connectivity index is 1.95. The number of benzene rings is 3. The maximum absolute atomic E-state index is 13.5. The summed E-state index contributed by atoms with van der Waals surface area (Å²) < 4.78 is 26.8. The molecule has 0 radical (unpaired) electrons. The fourth-order valence-electron chi connectivity index (χ4n) is 3.60. The minimum Gasteiger partial charge on any atom is -0.507 e. The van der Waals surface area contributed by atoms with E-state index in [-0.39, 0.29) is 11.1 Å². The summed E-state index contributed by atoms with van der Waals surface area (Å²) in [7, 11) is 0. The molecule has 1 aliphatic rings. The average Bonchev–Trinajstić information content (AvgIpc) is 2.99. The molecule has 1 heterocycles. The molecule has 0 bridgehead atoms. The SMILES string of the molecule is Cc1cccc(N2C(=O)C(=O)/C(=C(/O)c3ccc(F)cc3)C2c2ccc(F)cc2)c1. The Morgan fingerprint density at radius 2 is 1.50 bits per heavy atom. The van der Waals surface area contributed by atoms with E-state index >= 15 is 0 Å². The number of carbonyl (C=O) groups excluding carboxylic acids is 2. The normalized spacial score (nSPS) is 18.1. The summed E-state index contributed by atoms with van der Waals surface area (Å²) in [6.07, 6.45) is 0. The van der Waals surface area contributed by atoms with Crippen molar-refractivity contribution in [3.63, 3.8) is 0 Å². The lowest BCUT2D eigenvalue weighted by Gasteiger charge is -2.25. The first-order chi connectivity index (χ1) is 14.4. The highest BCUT2D eigenvalue weighted by molar-refractivity contribution is 6.51. The minimum atomic E-state index is -0.961. The Hall–Kier alpha value is -3.80. The van der Waals surface area contributed by atoms with Crippen LogP contribution in [0.25, 0.3) is 5.76 Å². The molecule has 30 heavy (non-hydrogen) atoms. The van der Waals surface area contributed by atoms with Crippen molar-refractivity contribution in [1.82, 2.24) is 0 Å². The van der Waals surface area contributed by atoms with Gasteiger partial charge in [-0.05, 0) is 66.6 Å². The number of carbonyl (C=O) groups is 2. The van der Waals surface area contributed by atoms with Gasteiger partial charge in [0.25, 0.3) is 11.7 Å². The van der Waals surface area contributed by atoms with Gasteiger partial charge in [0, 0.05) is 11.3 Å². The van der Waals surface area contributed by atoms with Gasteiger partial charge < -0.3 is 5.11 Å². The number of amides is 1. The van der Waals surface area contributed by atoms with Crippen LogP contribution >= 0.6 is 0 Å². The molecule has 0 aromatic heterocycles. The van der Waals surface area contributed by atoms with Gasteiger partial charge in [0.15, 0.2) is 0 Å². The second-order valence-electron chi connectivity index (χ2n) is 7.07. The van der Waals surface area contributed by atoms with Crippen LogP contribution in [0, 0.1) is 18.6 Å². The van der Waals surface area contributed by atoms with Crippen molar-refractivity contribution < 1.29 is 23.5 Å². The zero-order valence-electron chi connectivity index (χ0n) is 16.0. The molecule has 1 fully saturated rings. The highest BCUT2D eigenvalue weighted by Crippen LogP contribution is 2.42. The molecule has 3 aromatic carbocycles. The van der Waals surface area contributed by atoms with Crippen molar-refractivity contribution in [2.75, 3.05) is 4.90 Å². The summed E-state index contributed by atoms with van der Waals surface area (Å²) in [4.78, 5) is 27.2. The number of hydrogen-bond acceptors (Lipinski definition) is 3. The van der Waals surface area contributed by atoms with Gasteiger partial charge in [0.05, 0.1) is 11.6 Å². The van der Waals surface area contributed by atoms with Crippen LogP contribution in [0.4, 0.5) is 14.5 Å². The summed E-state index contributed by atoms with van der Waals surface area (Å²) in [5, 5.41) is 10.9. The molecule has 1 amide bonds. The first-order valence-electron chi connectivity index (χ1n) is 9.26. The van der Waals surface area contributed by atoms with Crippen molar-refractivity contribution in [2.45, 2.75) is 13.0 Å². The minimum absolute atomic E-state index is 0.139. The van der Waals surface area contributed by atoms with Crippen LogP contribution in [0.1, 0.15) is 22.7 Å². The number of aliphatic hydroxyl groups excluding tert-OH is 1. The number of Topliss-reactive ketones (excluding diaryl/α,β-unsaturated/α-hetero) is 1. The number of ketones is 1. The van der Waals surface area contributed by atoms with Gasteiger partial charge in [-0.1, -0.05) is 24.3 Å². The molecule has 1 aliphatic heterocycles. The number of aryl methyl sites for hydroxylation is 1. The van der Waals surface area contributed by atoms with Crippen LogP contribution < -0.4 is 4.90 Å². The van der Waals surface area contributed by atoms with Crippen molar-refractivity contribution >= 4 is 23.1 Å². The summed E-state index contributed by atoms with van der Waals surface area (Å²) in [5.74, 6) is -3.06. The Morgan fingerprint density at radius 3 is 2.10 bits per heavy atom. The van der Waals surface area contributed by atoms with E-state index in [9.17, 15) is 23.5 Å². The number of rotatable bonds is 3. The number of halogens is 2. The van der Waals surface area contributed by atoms with Crippen LogP contribution in [0.5, 0.6) is 0 Å². The number of nitrogens with zero attached hydrogens (tertiary/aromatic N) is 1. The molecule has 4 nitrogen and oxygen atoms in total. The smallest absolute Gasteiger partial charge is 0.300 e. The van der Waals surface area contributed by atoms with E-state index < -0.39 is 35.1 Å². The molecular formula is C24H17F2NO3. The lowest BCUT2D eigenvalue weighted by atomic mass is 9.95. The Labute approximate surface area is 171 Å². The maximum Gasteiger partial charge on any atom is 0.300 e. The first kappa shape index (κ1) is 19.5. The third kappa shape index (κ3) is 3.37. The van der Waals surface area contributed by atoms with Gasteiger partial charge in [-0.15, -0.1) is 0 Å². The van der Waals surface area contributed by atoms with Gasteiger partial charge in [-0.25, -0.2) is 8.78 Å². The highest BCUT2D eigenvalue weighted by Gasteiger charge is 2.46. The van der Waals surface area contributed by atoms with Crippen LogP contribution in [-0.2, 0) is 9.59 Å². The standard InChI is InChI=1S/C24H17F2NO3/c1-14-3-2-4-19(13-14)27-21(15-5-9-17(25)10-6-15)20(23(29)24(27)30)22(28)16-7-11-18(26)12-8-16/h2-13,21,28H,1H3/b22-20+. The Morgan fingerprint density at radius 1 is 0.900 bits per heavy atom. The van der Waals surface area contributed by atoms with Gasteiger partial charge >= 0.3 is 0 Å². The van der Waals surface area contributed by atoms with Gasteiger partial charge in [0.1, 0.15) is 17.4 Å². The van der Waals surface area contributed by atoms with E-state index in [4.69, 9.17) is 0 Å². The monoisotopic (exact) mass is 405 g/mol. The van der Waals surface area contributed by atoms with Gasteiger partial charge in [-0.3, -0.25) is 14.5 Å². The predicted molar refractivity (Wildman–Crippen MR) is 109 cm³/mol. The number of hydrogen-bond donors (Lipinski definition) is 1. The topological polar surface area (TPSA) is 57.6 Å². The molecule has 0 saturated carbocycles. The molecule has 3 aromatic rings. The van der Waals surface area contributed by atoms with E-state index in [1.165, 1.54) is 41.3 Å².